The summed E-state index contributed by atoms with van der Waals surface area (Å²) >= 11 is 0. The Hall–Kier alpha value is -3.69. The van der Waals surface area contributed by atoms with Crippen LogP contribution >= 0.6 is 0 Å². The van der Waals surface area contributed by atoms with Crippen molar-refractivity contribution in [3.63, 3.8) is 0 Å². The molecule has 0 radical (unpaired) electrons. The van der Waals surface area contributed by atoms with Gasteiger partial charge in [-0.05, 0) is 24.3 Å². The molecule has 1 saturated heterocycles. The molecule has 1 aliphatic rings. The van der Waals surface area contributed by atoms with Crippen LogP contribution in [0.2, 0.25) is 0 Å². The quantitative estimate of drug-likeness (QED) is 0.617. The molecule has 0 saturated carbocycles. The van der Waals surface area contributed by atoms with Gasteiger partial charge in [0.25, 0.3) is 5.91 Å². The number of carbonyl (C=O) groups excluding carboxylic acids is 1. The third-order valence-electron chi connectivity index (χ3n) is 5.22. The summed E-state index contributed by atoms with van der Waals surface area (Å²) in [4.78, 5) is 24.7. The van der Waals surface area contributed by atoms with Crippen LogP contribution in [-0.2, 0) is 7.05 Å². The van der Waals surface area contributed by atoms with Gasteiger partial charge in [0.2, 0.25) is 5.88 Å². The second kappa shape index (κ2) is 8.58. The van der Waals surface area contributed by atoms with Crippen molar-refractivity contribution in [2.24, 2.45) is 7.05 Å². The van der Waals surface area contributed by atoms with Gasteiger partial charge >= 0.3 is 0 Å². The van der Waals surface area contributed by atoms with E-state index in [0.717, 1.165) is 0 Å². The highest BCUT2D eigenvalue weighted by molar-refractivity contribution is 5.96. The lowest BCUT2D eigenvalue weighted by molar-refractivity contribution is 0.0743. The number of piperazine rings is 1. The Morgan fingerprint density at radius 3 is 2.39 bits per heavy atom. The summed E-state index contributed by atoms with van der Waals surface area (Å²) in [6, 6.07) is 7.03. The van der Waals surface area contributed by atoms with Crippen molar-refractivity contribution in [1.82, 2.24) is 24.6 Å². The number of methoxy groups -OCH3 is 2. The average Bonchev–Trinajstić information content (AvgIpc) is 3.20. The summed E-state index contributed by atoms with van der Waals surface area (Å²) in [6.07, 6.45) is 2.99. The Kier molecular flexibility index (Phi) is 5.70. The van der Waals surface area contributed by atoms with Gasteiger partial charge in [-0.15, -0.1) is 5.10 Å². The molecule has 2 aromatic heterocycles. The number of ether oxygens (including phenoxy) is 2. The molecule has 1 fully saturated rings. The lowest BCUT2D eigenvalue weighted by Crippen LogP contribution is -2.49. The van der Waals surface area contributed by atoms with Crippen molar-refractivity contribution in [1.29, 1.82) is 0 Å². The van der Waals surface area contributed by atoms with Crippen LogP contribution in [0.5, 0.6) is 11.6 Å². The molecule has 3 aromatic rings. The maximum atomic E-state index is 15.2. The number of aromatic nitrogens is 4. The van der Waals surface area contributed by atoms with E-state index in [9.17, 15) is 4.79 Å². The van der Waals surface area contributed by atoms with Crippen molar-refractivity contribution in [2.75, 3.05) is 45.3 Å². The molecule has 0 aliphatic carbocycles. The first kappa shape index (κ1) is 20.6. The summed E-state index contributed by atoms with van der Waals surface area (Å²) < 4.78 is 27.1. The van der Waals surface area contributed by atoms with Gasteiger partial charge in [-0.25, -0.2) is 14.4 Å². The molecule has 0 bridgehead atoms. The molecule has 1 amide bonds. The predicted octanol–water partition coefficient (Wildman–Crippen LogP) is 2.00. The lowest BCUT2D eigenvalue weighted by atomic mass is 10.1. The maximum absolute atomic E-state index is 15.2. The zero-order valence-electron chi connectivity index (χ0n) is 17.6. The fourth-order valence-electron chi connectivity index (χ4n) is 3.59. The van der Waals surface area contributed by atoms with Crippen molar-refractivity contribution in [2.45, 2.75) is 0 Å². The van der Waals surface area contributed by atoms with Crippen molar-refractivity contribution < 1.29 is 18.7 Å². The summed E-state index contributed by atoms with van der Waals surface area (Å²) in [5, 5.41) is 4.13. The number of nitrogens with zero attached hydrogens (tertiary/aromatic N) is 6. The number of amides is 1. The number of rotatable bonds is 5. The molecule has 0 unspecified atom stereocenters. The molecule has 31 heavy (non-hydrogen) atoms. The number of halogens is 1. The topological polar surface area (TPSA) is 85.6 Å². The van der Waals surface area contributed by atoms with Crippen LogP contribution in [0.4, 0.5) is 10.2 Å². The second-order valence-electron chi connectivity index (χ2n) is 7.09. The minimum atomic E-state index is -0.485. The van der Waals surface area contributed by atoms with E-state index in [0.29, 0.717) is 48.9 Å². The van der Waals surface area contributed by atoms with Crippen LogP contribution in [0.1, 0.15) is 10.4 Å². The Balaban J connectivity index is 1.49. The number of hydrogen-bond acceptors (Lipinski definition) is 7. The summed E-state index contributed by atoms with van der Waals surface area (Å²) in [7, 11) is 4.79. The molecule has 1 aliphatic heterocycles. The monoisotopic (exact) mass is 426 g/mol. The molecule has 9 nitrogen and oxygen atoms in total. The largest absolute Gasteiger partial charge is 0.497 e. The third-order valence-corrected chi connectivity index (χ3v) is 5.22. The van der Waals surface area contributed by atoms with E-state index in [2.05, 4.69) is 15.1 Å². The van der Waals surface area contributed by atoms with Crippen molar-refractivity contribution >= 4 is 11.7 Å². The van der Waals surface area contributed by atoms with Crippen LogP contribution in [0.15, 0.2) is 36.8 Å². The van der Waals surface area contributed by atoms with Crippen LogP contribution in [0.25, 0.3) is 11.3 Å². The maximum Gasteiger partial charge on any atom is 0.261 e. The first-order valence-corrected chi connectivity index (χ1v) is 9.78. The van der Waals surface area contributed by atoms with E-state index in [1.165, 1.54) is 13.4 Å². The Morgan fingerprint density at radius 1 is 1.03 bits per heavy atom. The molecule has 162 valence electrons. The predicted molar refractivity (Wildman–Crippen MR) is 112 cm³/mol. The lowest BCUT2D eigenvalue weighted by Gasteiger charge is -2.35. The van der Waals surface area contributed by atoms with Crippen LogP contribution in [0.3, 0.4) is 0 Å². The number of anilines is 1. The highest BCUT2D eigenvalue weighted by Gasteiger charge is 2.28. The fourth-order valence-corrected chi connectivity index (χ4v) is 3.59. The summed E-state index contributed by atoms with van der Waals surface area (Å²) in [6.45, 7) is 1.75. The van der Waals surface area contributed by atoms with E-state index >= 15 is 4.39 Å². The Morgan fingerprint density at radius 2 is 1.74 bits per heavy atom. The van der Waals surface area contributed by atoms with Gasteiger partial charge in [0.1, 0.15) is 23.3 Å². The molecule has 0 spiro atoms. The molecule has 0 atom stereocenters. The number of benzene rings is 1. The second-order valence-corrected chi connectivity index (χ2v) is 7.09. The summed E-state index contributed by atoms with van der Waals surface area (Å²) in [5.41, 5.74) is 1.28. The zero-order chi connectivity index (χ0) is 22.0. The van der Waals surface area contributed by atoms with Gasteiger partial charge in [-0.3, -0.25) is 9.48 Å². The molecular formula is C21H23FN6O3. The molecule has 4 rings (SSSR count). The van der Waals surface area contributed by atoms with Crippen LogP contribution in [0, 0.1) is 5.82 Å². The molecule has 0 N–H and O–H groups in total. The van der Waals surface area contributed by atoms with Gasteiger partial charge in [0.05, 0.1) is 14.2 Å². The highest BCUT2D eigenvalue weighted by atomic mass is 19.1. The minimum absolute atomic E-state index is 0.160. The van der Waals surface area contributed by atoms with Crippen molar-refractivity contribution in [3.05, 3.63) is 48.2 Å². The minimum Gasteiger partial charge on any atom is -0.497 e. The van der Waals surface area contributed by atoms with E-state index < -0.39 is 5.82 Å². The molecular weight excluding hydrogens is 403 g/mol. The summed E-state index contributed by atoms with van der Waals surface area (Å²) in [5.74, 6) is 0.560. The number of aryl methyl sites for hydroxylation is 1. The van der Waals surface area contributed by atoms with Gasteiger partial charge in [-0.2, -0.15) is 0 Å². The molecule has 10 heteroatoms. The first-order chi connectivity index (χ1) is 15.0. The van der Waals surface area contributed by atoms with Crippen molar-refractivity contribution in [3.8, 4) is 22.9 Å². The Bertz CT molecular complexity index is 1080. The van der Waals surface area contributed by atoms with Crippen LogP contribution < -0.4 is 14.4 Å². The molecule has 3 heterocycles. The highest BCUT2D eigenvalue weighted by Crippen LogP contribution is 2.28. The van der Waals surface area contributed by atoms with Gasteiger partial charge in [-0.1, -0.05) is 0 Å². The zero-order valence-corrected chi connectivity index (χ0v) is 17.6. The van der Waals surface area contributed by atoms with E-state index in [1.807, 2.05) is 4.90 Å². The van der Waals surface area contributed by atoms with Crippen LogP contribution in [-0.4, -0.2) is 71.0 Å². The smallest absolute Gasteiger partial charge is 0.261 e. The Labute approximate surface area is 179 Å². The first-order valence-electron chi connectivity index (χ1n) is 9.78. The van der Waals surface area contributed by atoms with Gasteiger partial charge < -0.3 is 19.3 Å². The normalized spacial score (nSPS) is 13.9. The number of carbonyl (C=O) groups is 1. The van der Waals surface area contributed by atoms with Gasteiger partial charge in [0, 0.05) is 45.0 Å². The standard InChI is InChI=1S/C21H23FN6O3/c1-26-12-16(20(25-26)31-3)21(29)28-10-8-27(9-11-28)19-17(22)18(23-13-24-19)14-4-6-15(30-2)7-5-14/h4-7,12-13H,8-11H2,1-3H3. The van der Waals surface area contributed by atoms with Gasteiger partial charge in [0.15, 0.2) is 11.6 Å². The average molecular weight is 426 g/mol. The van der Waals surface area contributed by atoms with E-state index in [4.69, 9.17) is 9.47 Å². The van der Waals surface area contributed by atoms with E-state index in [-0.39, 0.29) is 17.4 Å². The SMILES string of the molecule is COc1ccc(-c2ncnc(N3CCN(C(=O)c4cn(C)nc4OC)CC3)c2F)cc1. The molecule has 1 aromatic carbocycles. The third kappa shape index (κ3) is 4.00. The fraction of sp³-hybridized carbons (Fsp3) is 0.333. The number of hydrogen-bond donors (Lipinski definition) is 0. The van der Waals surface area contributed by atoms with E-state index in [1.54, 1.807) is 54.2 Å².